The number of benzene rings is 2. The Hall–Kier alpha value is -2.66. The number of amides is 1. The van der Waals surface area contributed by atoms with Gasteiger partial charge in [-0.05, 0) is 11.1 Å². The van der Waals surface area contributed by atoms with Crippen LogP contribution in [0.1, 0.15) is 23.7 Å². The van der Waals surface area contributed by atoms with Crippen LogP contribution in [0.15, 0.2) is 65.8 Å². The van der Waals surface area contributed by atoms with Crippen molar-refractivity contribution in [2.24, 2.45) is 5.16 Å². The lowest BCUT2D eigenvalue weighted by Gasteiger charge is -2.07. The number of oxime groups is 1. The molecule has 3 rings (SSSR count). The van der Waals surface area contributed by atoms with Crippen molar-refractivity contribution in [2.45, 2.75) is 19.1 Å². The Kier molecular flexibility index (Phi) is 4.46. The van der Waals surface area contributed by atoms with Crippen LogP contribution in [0.2, 0.25) is 0 Å². The maximum Gasteiger partial charge on any atom is 0.292 e. The molecule has 0 radical (unpaired) electrons. The van der Waals surface area contributed by atoms with Gasteiger partial charge in [0.2, 0.25) is 0 Å². The first-order chi connectivity index (χ1) is 10.8. The molecular formula is C17H16N2O3. The van der Waals surface area contributed by atoms with Gasteiger partial charge in [-0.15, -0.1) is 0 Å². The van der Waals surface area contributed by atoms with Gasteiger partial charge in [-0.3, -0.25) is 9.63 Å². The molecular weight excluding hydrogens is 280 g/mol. The van der Waals surface area contributed by atoms with E-state index in [1.165, 1.54) is 0 Å². The average molecular weight is 296 g/mol. The smallest absolute Gasteiger partial charge is 0.292 e. The molecule has 0 spiro atoms. The highest BCUT2D eigenvalue weighted by Crippen LogP contribution is 2.26. The van der Waals surface area contributed by atoms with Crippen LogP contribution in [0, 0.1) is 0 Å². The molecule has 0 aromatic heterocycles. The largest absolute Gasteiger partial charge is 0.387 e. The van der Waals surface area contributed by atoms with Crippen LogP contribution >= 0.6 is 0 Å². The van der Waals surface area contributed by atoms with Crippen molar-refractivity contribution in [3.8, 4) is 0 Å². The van der Waals surface area contributed by atoms with Gasteiger partial charge in [-0.2, -0.15) is 0 Å². The molecule has 0 unspecified atom stereocenters. The summed E-state index contributed by atoms with van der Waals surface area (Å²) >= 11 is 0. The molecule has 1 amide bonds. The lowest BCUT2D eigenvalue weighted by Crippen LogP contribution is -2.30. The Balaban J connectivity index is 1.47. The summed E-state index contributed by atoms with van der Waals surface area (Å²) in [4.78, 5) is 22.5. The minimum atomic E-state index is -0.366. The van der Waals surface area contributed by atoms with Gasteiger partial charge < -0.3 is 4.84 Å². The van der Waals surface area contributed by atoms with E-state index in [0.717, 1.165) is 11.1 Å². The number of carbonyl (C=O) groups excluding carboxylic acids is 1. The van der Waals surface area contributed by atoms with Gasteiger partial charge in [0, 0.05) is 6.42 Å². The maximum atomic E-state index is 12.0. The molecule has 0 fully saturated rings. The monoisotopic (exact) mass is 296 g/mol. The summed E-state index contributed by atoms with van der Waals surface area (Å²) in [5.74, 6) is -0.366. The number of hydroxylamine groups is 1. The van der Waals surface area contributed by atoms with Crippen LogP contribution in [0.3, 0.4) is 0 Å². The molecule has 0 aliphatic carbocycles. The third-order valence-electron chi connectivity index (χ3n) is 3.35. The van der Waals surface area contributed by atoms with E-state index in [1.54, 1.807) is 0 Å². The summed E-state index contributed by atoms with van der Waals surface area (Å²) < 4.78 is 0. The summed E-state index contributed by atoms with van der Waals surface area (Å²) in [6, 6.07) is 19.3. The van der Waals surface area contributed by atoms with Crippen molar-refractivity contribution >= 4 is 11.6 Å². The fourth-order valence-corrected chi connectivity index (χ4v) is 2.18. The van der Waals surface area contributed by atoms with E-state index in [0.29, 0.717) is 18.7 Å². The molecule has 2 aromatic carbocycles. The van der Waals surface area contributed by atoms with Crippen molar-refractivity contribution in [1.82, 2.24) is 5.48 Å². The third-order valence-corrected chi connectivity index (χ3v) is 3.35. The van der Waals surface area contributed by atoms with Crippen LogP contribution in [0.25, 0.3) is 0 Å². The quantitative estimate of drug-likeness (QED) is 0.863. The summed E-state index contributed by atoms with van der Waals surface area (Å²) in [6.45, 7) is 0.308. The van der Waals surface area contributed by atoms with Crippen LogP contribution in [0.5, 0.6) is 0 Å². The standard InChI is InChI=1S/C17H16N2O3/c20-17(19-21-12-13-7-3-1-4-8-13)15-11-16(22-18-15)14-9-5-2-6-10-14/h1-10,16H,11-12H2,(H,19,20)/t16-/m1/s1. The Bertz CT molecular complexity index is 656. The number of rotatable bonds is 5. The number of carbonyl (C=O) groups is 1. The van der Waals surface area contributed by atoms with Gasteiger partial charge >= 0.3 is 0 Å². The molecule has 1 atom stereocenters. The Labute approximate surface area is 128 Å². The molecule has 0 bridgehead atoms. The van der Waals surface area contributed by atoms with Crippen LogP contribution in [-0.2, 0) is 21.1 Å². The van der Waals surface area contributed by atoms with Crippen molar-refractivity contribution in [2.75, 3.05) is 0 Å². The minimum Gasteiger partial charge on any atom is -0.387 e. The molecule has 112 valence electrons. The van der Waals surface area contributed by atoms with Gasteiger partial charge in [0.1, 0.15) is 0 Å². The van der Waals surface area contributed by atoms with Crippen molar-refractivity contribution < 1.29 is 14.5 Å². The van der Waals surface area contributed by atoms with E-state index in [9.17, 15) is 4.79 Å². The van der Waals surface area contributed by atoms with Crippen LogP contribution in [-0.4, -0.2) is 11.6 Å². The van der Waals surface area contributed by atoms with Gasteiger partial charge in [-0.1, -0.05) is 65.8 Å². The second-order valence-corrected chi connectivity index (χ2v) is 4.95. The zero-order valence-electron chi connectivity index (χ0n) is 11.9. The molecule has 22 heavy (non-hydrogen) atoms. The molecule has 1 heterocycles. The second kappa shape index (κ2) is 6.87. The van der Waals surface area contributed by atoms with Gasteiger partial charge in [-0.25, -0.2) is 5.48 Å². The maximum absolute atomic E-state index is 12.0. The summed E-state index contributed by atoms with van der Waals surface area (Å²) in [6.07, 6.45) is 0.223. The first-order valence-electron chi connectivity index (χ1n) is 7.06. The molecule has 1 N–H and O–H groups in total. The molecule has 1 aliphatic rings. The molecule has 1 aliphatic heterocycles. The lowest BCUT2D eigenvalue weighted by molar-refractivity contribution is -0.127. The fourth-order valence-electron chi connectivity index (χ4n) is 2.18. The second-order valence-electron chi connectivity index (χ2n) is 4.95. The number of hydrogen-bond donors (Lipinski definition) is 1. The number of nitrogens with one attached hydrogen (secondary N) is 1. The summed E-state index contributed by atoms with van der Waals surface area (Å²) in [7, 11) is 0. The van der Waals surface area contributed by atoms with E-state index in [1.807, 2.05) is 60.7 Å². The molecule has 5 nitrogen and oxygen atoms in total. The SMILES string of the molecule is O=C(NOCc1ccccc1)C1=NO[C@@H](c2ccccc2)C1. The number of hydrogen-bond acceptors (Lipinski definition) is 4. The highest BCUT2D eigenvalue weighted by atomic mass is 16.7. The van der Waals surface area contributed by atoms with Crippen LogP contribution in [0.4, 0.5) is 0 Å². The van der Waals surface area contributed by atoms with E-state index < -0.39 is 0 Å². The van der Waals surface area contributed by atoms with Gasteiger partial charge in [0.25, 0.3) is 5.91 Å². The van der Waals surface area contributed by atoms with Crippen molar-refractivity contribution in [3.05, 3.63) is 71.8 Å². The Morgan fingerprint density at radius 1 is 1.14 bits per heavy atom. The van der Waals surface area contributed by atoms with E-state index in [4.69, 9.17) is 9.68 Å². The highest BCUT2D eigenvalue weighted by Gasteiger charge is 2.27. The zero-order valence-corrected chi connectivity index (χ0v) is 11.9. The molecule has 0 saturated carbocycles. The first kappa shape index (κ1) is 14.3. The summed E-state index contributed by atoms with van der Waals surface area (Å²) in [5, 5.41) is 3.84. The van der Waals surface area contributed by atoms with Gasteiger partial charge in [0.15, 0.2) is 11.8 Å². The predicted octanol–water partition coefficient (Wildman–Crippen LogP) is 2.75. The minimum absolute atomic E-state index is 0.212. The van der Waals surface area contributed by atoms with E-state index in [-0.39, 0.29) is 12.0 Å². The first-order valence-corrected chi connectivity index (χ1v) is 7.06. The highest BCUT2D eigenvalue weighted by molar-refractivity contribution is 6.38. The van der Waals surface area contributed by atoms with Crippen LogP contribution < -0.4 is 5.48 Å². The predicted molar refractivity (Wildman–Crippen MR) is 81.7 cm³/mol. The van der Waals surface area contributed by atoms with E-state index in [2.05, 4.69) is 10.6 Å². The molecule has 0 saturated heterocycles. The Morgan fingerprint density at radius 3 is 2.55 bits per heavy atom. The average Bonchev–Trinajstić information content (AvgIpc) is 3.07. The third kappa shape index (κ3) is 3.51. The molecule has 5 heteroatoms. The lowest BCUT2D eigenvalue weighted by atomic mass is 10.0. The van der Waals surface area contributed by atoms with Crippen molar-refractivity contribution in [1.29, 1.82) is 0 Å². The topological polar surface area (TPSA) is 59.9 Å². The van der Waals surface area contributed by atoms with E-state index >= 15 is 0 Å². The van der Waals surface area contributed by atoms with Crippen molar-refractivity contribution in [3.63, 3.8) is 0 Å². The zero-order chi connectivity index (χ0) is 15.2. The van der Waals surface area contributed by atoms with Gasteiger partial charge in [0.05, 0.1) is 6.61 Å². The summed E-state index contributed by atoms with van der Waals surface area (Å²) in [5.41, 5.74) is 4.71. The molecule has 2 aromatic rings. The number of nitrogens with zero attached hydrogens (tertiary/aromatic N) is 1. The Morgan fingerprint density at radius 2 is 1.82 bits per heavy atom. The fraction of sp³-hybridized carbons (Fsp3) is 0.176. The normalized spacial score (nSPS) is 16.7.